The highest BCUT2D eigenvalue weighted by atomic mass is 14.8. The van der Waals surface area contributed by atoms with Gasteiger partial charge in [0, 0.05) is 0 Å². The Bertz CT molecular complexity index is 1110. The molecule has 1 heterocycles. The van der Waals surface area contributed by atoms with Crippen LogP contribution in [0, 0.1) is 69.2 Å². The lowest BCUT2D eigenvalue weighted by atomic mass is 9.93. The van der Waals surface area contributed by atoms with Crippen molar-refractivity contribution in [3.8, 4) is 0 Å². The molecule has 0 amide bonds. The third-order valence-electron chi connectivity index (χ3n) is 7.36. The Morgan fingerprint density at radius 3 is 1.06 bits per heavy atom. The molecule has 0 unspecified atom stereocenters. The summed E-state index contributed by atoms with van der Waals surface area (Å²) in [5.41, 5.74) is 16.6. The average Bonchev–Trinajstić information content (AvgIpc) is 2.79. The van der Waals surface area contributed by atoms with Gasteiger partial charge in [-0.2, -0.15) is 0 Å². The minimum atomic E-state index is 0.827. The quantitative estimate of drug-likeness (QED) is 0.395. The molecular weight excluding hydrogens is 390 g/mol. The van der Waals surface area contributed by atoms with Crippen LogP contribution in [0.5, 0.6) is 0 Å². The molecule has 0 aliphatic heterocycles. The molecule has 0 saturated heterocycles. The molecule has 0 spiro atoms. The van der Waals surface area contributed by atoms with Gasteiger partial charge in [-0.3, -0.25) is 9.98 Å². The van der Waals surface area contributed by atoms with Crippen molar-refractivity contribution in [1.82, 2.24) is 4.98 Å². The van der Waals surface area contributed by atoms with Crippen LogP contribution >= 0.6 is 0 Å². The minimum Gasteiger partial charge on any atom is -0.254 e. The maximum absolute atomic E-state index is 4.83. The van der Waals surface area contributed by atoms with E-state index in [0.29, 0.717) is 0 Å². The summed E-state index contributed by atoms with van der Waals surface area (Å²) in [5.74, 6) is 0. The molecule has 0 radical (unpaired) electrons. The number of hydrogen-bond acceptors (Lipinski definition) is 3. The van der Waals surface area contributed by atoms with Crippen molar-refractivity contribution in [3.05, 3.63) is 85.2 Å². The van der Waals surface area contributed by atoms with E-state index in [1.165, 1.54) is 55.6 Å². The zero-order valence-corrected chi connectivity index (χ0v) is 21.2. The zero-order valence-electron chi connectivity index (χ0n) is 21.2. The highest BCUT2D eigenvalue weighted by Crippen LogP contribution is 2.33. The maximum atomic E-state index is 4.83. The van der Waals surface area contributed by atoms with E-state index in [1.54, 1.807) is 0 Å². The smallest absolute Gasteiger partial charge is 0.0820 e. The fourth-order valence-corrected chi connectivity index (χ4v) is 4.22. The summed E-state index contributed by atoms with van der Waals surface area (Å²) in [5, 5.41) is 0. The summed E-state index contributed by atoms with van der Waals surface area (Å²) >= 11 is 0. The standard InChI is InChI=1S/C29H35N3/c1-16-18(3)22(7)28(23(8)19(16)4)30-14-26-12-11-13-27(32-26)15-31-29-24(9)20(5)17(2)21(6)25(29)10/h11-15H,1-10H3/b30-14+,31-15+. The van der Waals surface area contributed by atoms with E-state index in [0.717, 1.165) is 22.8 Å². The predicted octanol–water partition coefficient (Wildman–Crippen LogP) is 7.67. The van der Waals surface area contributed by atoms with Crippen molar-refractivity contribution in [2.45, 2.75) is 69.2 Å². The molecule has 0 atom stereocenters. The third-order valence-corrected chi connectivity index (χ3v) is 7.36. The van der Waals surface area contributed by atoms with Crippen LogP contribution in [0.2, 0.25) is 0 Å². The summed E-state index contributed by atoms with van der Waals surface area (Å²) < 4.78 is 0. The Labute approximate surface area is 193 Å². The number of benzene rings is 2. The molecule has 3 nitrogen and oxygen atoms in total. The molecule has 0 saturated carbocycles. The first-order valence-corrected chi connectivity index (χ1v) is 11.2. The van der Waals surface area contributed by atoms with Crippen molar-refractivity contribution in [2.24, 2.45) is 9.98 Å². The lowest BCUT2D eigenvalue weighted by Gasteiger charge is -2.15. The number of aromatic nitrogens is 1. The van der Waals surface area contributed by atoms with Crippen molar-refractivity contribution in [3.63, 3.8) is 0 Å². The molecule has 32 heavy (non-hydrogen) atoms. The number of nitrogens with zero attached hydrogens (tertiary/aromatic N) is 3. The van der Waals surface area contributed by atoms with E-state index < -0.39 is 0 Å². The third kappa shape index (κ3) is 4.29. The fraction of sp³-hybridized carbons (Fsp3) is 0.345. The first kappa shape index (κ1) is 23.6. The molecule has 0 aliphatic rings. The molecule has 166 valence electrons. The number of pyridine rings is 1. The van der Waals surface area contributed by atoms with Gasteiger partial charge >= 0.3 is 0 Å². The van der Waals surface area contributed by atoms with Gasteiger partial charge in [0.1, 0.15) is 0 Å². The summed E-state index contributed by atoms with van der Waals surface area (Å²) in [4.78, 5) is 14.4. The number of rotatable bonds is 4. The lowest BCUT2D eigenvalue weighted by Crippen LogP contribution is -1.98. The molecule has 0 N–H and O–H groups in total. The van der Waals surface area contributed by atoms with Gasteiger partial charge in [0.05, 0.1) is 35.2 Å². The van der Waals surface area contributed by atoms with Crippen LogP contribution in [0.15, 0.2) is 28.2 Å². The van der Waals surface area contributed by atoms with Gasteiger partial charge in [-0.1, -0.05) is 6.07 Å². The molecular formula is C29H35N3. The molecule has 0 fully saturated rings. The van der Waals surface area contributed by atoms with Crippen LogP contribution in [-0.2, 0) is 0 Å². The maximum Gasteiger partial charge on any atom is 0.0820 e. The first-order chi connectivity index (χ1) is 15.0. The number of hydrogen-bond donors (Lipinski definition) is 0. The van der Waals surface area contributed by atoms with Gasteiger partial charge in [-0.15, -0.1) is 0 Å². The fourth-order valence-electron chi connectivity index (χ4n) is 4.22. The van der Waals surface area contributed by atoms with Gasteiger partial charge in [-0.25, -0.2) is 4.98 Å². The van der Waals surface area contributed by atoms with E-state index in [1.807, 2.05) is 30.6 Å². The van der Waals surface area contributed by atoms with Gasteiger partial charge < -0.3 is 0 Å². The zero-order chi connectivity index (χ0) is 23.7. The summed E-state index contributed by atoms with van der Waals surface area (Å²) in [6.45, 7) is 21.6. The normalized spacial score (nSPS) is 11.8. The SMILES string of the molecule is Cc1c(C)c(C)c(/N=C/c2cccc(/C=N/c3c(C)c(C)c(C)c(C)c3C)n2)c(C)c1C. The van der Waals surface area contributed by atoms with Gasteiger partial charge in [0.25, 0.3) is 0 Å². The van der Waals surface area contributed by atoms with Crippen LogP contribution < -0.4 is 0 Å². The Morgan fingerprint density at radius 2 is 0.750 bits per heavy atom. The second-order valence-electron chi connectivity index (χ2n) is 8.95. The monoisotopic (exact) mass is 425 g/mol. The van der Waals surface area contributed by atoms with E-state index in [-0.39, 0.29) is 0 Å². The van der Waals surface area contributed by atoms with Crippen molar-refractivity contribution in [2.75, 3.05) is 0 Å². The minimum absolute atomic E-state index is 0.827. The second kappa shape index (κ2) is 9.20. The Balaban J connectivity index is 1.95. The summed E-state index contributed by atoms with van der Waals surface area (Å²) in [6, 6.07) is 5.97. The van der Waals surface area contributed by atoms with E-state index in [2.05, 4.69) is 69.2 Å². The van der Waals surface area contributed by atoms with E-state index in [4.69, 9.17) is 15.0 Å². The highest BCUT2D eigenvalue weighted by Gasteiger charge is 2.12. The molecule has 3 heteroatoms. The lowest BCUT2D eigenvalue weighted by molar-refractivity contribution is 1.16. The molecule has 0 aliphatic carbocycles. The predicted molar refractivity (Wildman–Crippen MR) is 139 cm³/mol. The van der Waals surface area contributed by atoms with E-state index >= 15 is 0 Å². The van der Waals surface area contributed by atoms with Crippen LogP contribution in [0.25, 0.3) is 0 Å². The first-order valence-electron chi connectivity index (χ1n) is 11.2. The van der Waals surface area contributed by atoms with E-state index in [9.17, 15) is 0 Å². The Kier molecular flexibility index (Phi) is 6.78. The second-order valence-corrected chi connectivity index (χ2v) is 8.95. The van der Waals surface area contributed by atoms with Gasteiger partial charge in [0.15, 0.2) is 0 Å². The molecule has 1 aromatic heterocycles. The van der Waals surface area contributed by atoms with Crippen molar-refractivity contribution in [1.29, 1.82) is 0 Å². The Morgan fingerprint density at radius 1 is 0.469 bits per heavy atom. The van der Waals surface area contributed by atoms with Crippen molar-refractivity contribution < 1.29 is 0 Å². The largest absolute Gasteiger partial charge is 0.254 e. The van der Waals surface area contributed by atoms with Crippen LogP contribution in [0.3, 0.4) is 0 Å². The average molecular weight is 426 g/mol. The molecule has 0 bridgehead atoms. The highest BCUT2D eigenvalue weighted by molar-refractivity contribution is 5.85. The molecule has 3 rings (SSSR count). The topological polar surface area (TPSA) is 37.6 Å². The Hall–Kier alpha value is -3.07. The van der Waals surface area contributed by atoms with Crippen LogP contribution in [0.1, 0.15) is 67.0 Å². The molecule has 3 aromatic rings. The summed E-state index contributed by atoms with van der Waals surface area (Å²) in [6.07, 6.45) is 3.72. The van der Waals surface area contributed by atoms with Gasteiger partial charge in [-0.05, 0) is 137 Å². The number of aliphatic imine (C=N–C) groups is 2. The van der Waals surface area contributed by atoms with Crippen LogP contribution in [-0.4, -0.2) is 17.4 Å². The van der Waals surface area contributed by atoms with Crippen LogP contribution in [0.4, 0.5) is 11.4 Å². The summed E-state index contributed by atoms with van der Waals surface area (Å²) in [7, 11) is 0. The van der Waals surface area contributed by atoms with Gasteiger partial charge in [0.2, 0.25) is 0 Å². The van der Waals surface area contributed by atoms with Crippen molar-refractivity contribution >= 4 is 23.8 Å². The molecule has 2 aromatic carbocycles.